The van der Waals surface area contributed by atoms with Crippen molar-refractivity contribution < 1.29 is 14.7 Å². The van der Waals surface area contributed by atoms with Crippen LogP contribution in [0.15, 0.2) is 0 Å². The van der Waals surface area contributed by atoms with Crippen molar-refractivity contribution in [3.05, 3.63) is 0 Å². The van der Waals surface area contributed by atoms with Crippen LogP contribution in [0.5, 0.6) is 0 Å². The van der Waals surface area contributed by atoms with Gasteiger partial charge in [0.25, 0.3) is 0 Å². The molecule has 1 aliphatic carbocycles. The molecule has 5 nitrogen and oxygen atoms in total. The van der Waals surface area contributed by atoms with Crippen molar-refractivity contribution in [3.63, 3.8) is 0 Å². The predicted molar refractivity (Wildman–Crippen MR) is 60.9 cm³/mol. The van der Waals surface area contributed by atoms with Gasteiger partial charge in [0.05, 0.1) is 17.9 Å². The largest absolute Gasteiger partial charge is 0.481 e. The molecule has 0 saturated heterocycles. The number of nitrogens with one attached hydrogen (secondary N) is 1. The fourth-order valence-electron chi connectivity index (χ4n) is 2.36. The standard InChI is InChI=1S/C12H18N2O3/c1-8-6-9(10(7-8)12(16)17)11(15)14-5-3-2-4-13/h8-10H,2-3,5-7H2,1H3,(H,14,15)(H,16,17). The van der Waals surface area contributed by atoms with Crippen LogP contribution in [0.1, 0.15) is 32.6 Å². The zero-order valence-electron chi connectivity index (χ0n) is 9.98. The van der Waals surface area contributed by atoms with Crippen LogP contribution in [0.4, 0.5) is 0 Å². The Kier molecular flexibility index (Phi) is 4.95. The number of nitriles is 1. The van der Waals surface area contributed by atoms with E-state index < -0.39 is 17.8 Å². The van der Waals surface area contributed by atoms with Crippen molar-refractivity contribution in [2.75, 3.05) is 6.54 Å². The number of aliphatic carboxylic acids is 1. The smallest absolute Gasteiger partial charge is 0.307 e. The van der Waals surface area contributed by atoms with Crippen molar-refractivity contribution in [3.8, 4) is 6.07 Å². The molecule has 5 heteroatoms. The molecule has 3 unspecified atom stereocenters. The van der Waals surface area contributed by atoms with Gasteiger partial charge in [0, 0.05) is 13.0 Å². The minimum absolute atomic E-state index is 0.181. The second-order valence-electron chi connectivity index (χ2n) is 4.68. The molecular weight excluding hydrogens is 220 g/mol. The van der Waals surface area contributed by atoms with Gasteiger partial charge in [-0.1, -0.05) is 6.92 Å². The lowest BCUT2D eigenvalue weighted by atomic mass is 9.95. The number of unbranched alkanes of at least 4 members (excludes halogenated alkanes) is 1. The Balaban J connectivity index is 2.44. The Bertz CT molecular complexity index is 335. The monoisotopic (exact) mass is 238 g/mol. The minimum atomic E-state index is -0.883. The van der Waals surface area contributed by atoms with Crippen molar-refractivity contribution in [1.82, 2.24) is 5.32 Å². The molecule has 0 aliphatic heterocycles. The molecule has 0 aromatic carbocycles. The maximum Gasteiger partial charge on any atom is 0.307 e. The van der Waals surface area contributed by atoms with Crippen molar-refractivity contribution in [1.29, 1.82) is 5.26 Å². The second kappa shape index (κ2) is 6.24. The van der Waals surface area contributed by atoms with E-state index in [0.29, 0.717) is 32.2 Å². The molecular formula is C12H18N2O3. The number of hydrogen-bond acceptors (Lipinski definition) is 3. The van der Waals surface area contributed by atoms with Crippen LogP contribution in [0, 0.1) is 29.1 Å². The van der Waals surface area contributed by atoms with Gasteiger partial charge in [-0.2, -0.15) is 5.26 Å². The first-order valence-electron chi connectivity index (χ1n) is 5.93. The van der Waals surface area contributed by atoms with Gasteiger partial charge < -0.3 is 10.4 Å². The summed E-state index contributed by atoms with van der Waals surface area (Å²) in [5.74, 6) is -1.75. The number of amides is 1. The second-order valence-corrected chi connectivity index (χ2v) is 4.68. The van der Waals surface area contributed by atoms with Gasteiger partial charge in [-0.3, -0.25) is 9.59 Å². The van der Waals surface area contributed by atoms with E-state index in [1.807, 2.05) is 13.0 Å². The molecule has 0 bridgehead atoms. The van der Waals surface area contributed by atoms with Crippen LogP contribution in [-0.2, 0) is 9.59 Å². The van der Waals surface area contributed by atoms with Gasteiger partial charge in [-0.05, 0) is 25.2 Å². The van der Waals surface area contributed by atoms with Gasteiger partial charge in [-0.15, -0.1) is 0 Å². The number of carboxylic acids is 1. The average Bonchev–Trinajstić information content (AvgIpc) is 2.66. The number of hydrogen-bond donors (Lipinski definition) is 2. The third kappa shape index (κ3) is 3.74. The fraction of sp³-hybridized carbons (Fsp3) is 0.750. The zero-order valence-corrected chi connectivity index (χ0v) is 9.98. The van der Waals surface area contributed by atoms with Crippen LogP contribution in [0.3, 0.4) is 0 Å². The molecule has 3 atom stereocenters. The number of carbonyl (C=O) groups is 2. The average molecular weight is 238 g/mol. The molecule has 0 aromatic rings. The van der Waals surface area contributed by atoms with E-state index in [1.54, 1.807) is 0 Å². The highest BCUT2D eigenvalue weighted by Crippen LogP contribution is 2.36. The maximum absolute atomic E-state index is 11.8. The third-order valence-electron chi connectivity index (χ3n) is 3.22. The van der Waals surface area contributed by atoms with E-state index in [4.69, 9.17) is 10.4 Å². The summed E-state index contributed by atoms with van der Waals surface area (Å²) in [6.45, 7) is 2.42. The van der Waals surface area contributed by atoms with E-state index in [0.717, 1.165) is 0 Å². The van der Waals surface area contributed by atoms with Gasteiger partial charge in [0.1, 0.15) is 0 Å². The Morgan fingerprint density at radius 2 is 2.06 bits per heavy atom. The summed E-state index contributed by atoms with van der Waals surface area (Å²) in [4.78, 5) is 22.8. The van der Waals surface area contributed by atoms with E-state index in [2.05, 4.69) is 5.32 Å². The summed E-state index contributed by atoms with van der Waals surface area (Å²) in [5, 5.41) is 20.1. The number of rotatable bonds is 5. The Morgan fingerprint density at radius 3 is 2.65 bits per heavy atom. The van der Waals surface area contributed by atoms with Crippen LogP contribution in [-0.4, -0.2) is 23.5 Å². The van der Waals surface area contributed by atoms with Crippen LogP contribution < -0.4 is 5.32 Å². The molecule has 1 fully saturated rings. The van der Waals surface area contributed by atoms with Gasteiger partial charge in [0.2, 0.25) is 5.91 Å². The topological polar surface area (TPSA) is 90.2 Å². The molecule has 0 radical (unpaired) electrons. The summed E-state index contributed by atoms with van der Waals surface area (Å²) in [6, 6.07) is 2.00. The Morgan fingerprint density at radius 1 is 1.41 bits per heavy atom. The highest BCUT2D eigenvalue weighted by Gasteiger charge is 2.40. The third-order valence-corrected chi connectivity index (χ3v) is 3.22. The van der Waals surface area contributed by atoms with E-state index in [-0.39, 0.29) is 11.8 Å². The lowest BCUT2D eigenvalue weighted by molar-refractivity contribution is -0.146. The van der Waals surface area contributed by atoms with Gasteiger partial charge >= 0.3 is 5.97 Å². The highest BCUT2D eigenvalue weighted by molar-refractivity contribution is 5.85. The Hall–Kier alpha value is -1.57. The summed E-state index contributed by atoms with van der Waals surface area (Å²) >= 11 is 0. The summed E-state index contributed by atoms with van der Waals surface area (Å²) in [6.07, 6.45) is 2.23. The molecule has 2 N–H and O–H groups in total. The summed E-state index contributed by atoms with van der Waals surface area (Å²) in [7, 11) is 0. The molecule has 1 saturated carbocycles. The summed E-state index contributed by atoms with van der Waals surface area (Å²) in [5.41, 5.74) is 0. The first-order chi connectivity index (χ1) is 8.06. The molecule has 1 aliphatic rings. The maximum atomic E-state index is 11.8. The van der Waals surface area contributed by atoms with E-state index in [9.17, 15) is 9.59 Å². The van der Waals surface area contributed by atoms with Crippen molar-refractivity contribution in [2.45, 2.75) is 32.6 Å². The Labute approximate surface area is 101 Å². The molecule has 1 amide bonds. The molecule has 0 heterocycles. The minimum Gasteiger partial charge on any atom is -0.481 e. The van der Waals surface area contributed by atoms with Crippen LogP contribution in [0.25, 0.3) is 0 Å². The van der Waals surface area contributed by atoms with E-state index in [1.165, 1.54) is 0 Å². The van der Waals surface area contributed by atoms with Gasteiger partial charge in [-0.25, -0.2) is 0 Å². The lowest BCUT2D eigenvalue weighted by Gasteiger charge is -2.15. The molecule has 94 valence electrons. The first-order valence-corrected chi connectivity index (χ1v) is 5.93. The lowest BCUT2D eigenvalue weighted by Crippen LogP contribution is -2.35. The zero-order chi connectivity index (χ0) is 12.8. The molecule has 1 rings (SSSR count). The van der Waals surface area contributed by atoms with Crippen LogP contribution >= 0.6 is 0 Å². The quantitative estimate of drug-likeness (QED) is 0.703. The highest BCUT2D eigenvalue weighted by atomic mass is 16.4. The molecule has 0 spiro atoms. The normalized spacial score (nSPS) is 27.4. The SMILES string of the molecule is CC1CC(C(=O)O)C(C(=O)NCCCC#N)C1. The summed E-state index contributed by atoms with van der Waals surface area (Å²) < 4.78 is 0. The number of nitrogens with zero attached hydrogens (tertiary/aromatic N) is 1. The van der Waals surface area contributed by atoms with Crippen molar-refractivity contribution in [2.24, 2.45) is 17.8 Å². The number of carboxylic acid groups (broad SMARTS) is 1. The van der Waals surface area contributed by atoms with Crippen LogP contribution in [0.2, 0.25) is 0 Å². The molecule has 0 aromatic heterocycles. The fourth-order valence-corrected chi connectivity index (χ4v) is 2.36. The van der Waals surface area contributed by atoms with Gasteiger partial charge in [0.15, 0.2) is 0 Å². The predicted octanol–water partition coefficient (Wildman–Crippen LogP) is 1.15. The molecule has 17 heavy (non-hydrogen) atoms. The first kappa shape index (κ1) is 13.5. The number of carbonyl (C=O) groups excluding carboxylic acids is 1. The van der Waals surface area contributed by atoms with E-state index >= 15 is 0 Å². The van der Waals surface area contributed by atoms with Crippen molar-refractivity contribution >= 4 is 11.9 Å².